The number of hydrogen-bond donors (Lipinski definition) is 1. The standard InChI is InChI=1S/C24H33N5O5/c1-24(2,3)34-23(33)26(4)15-8-7-13-28(14-15)16-9-6-10-17-20(16)27(5)22(32)29(17)18-11-12-19(30)25-21(18)31/h6,9-10,15,18H,7-8,11-14H2,1-5H3,(H,25,30,31). The molecular formula is C24H33N5O5. The number of rotatable bonds is 3. The number of amides is 3. The van der Waals surface area contributed by atoms with E-state index in [2.05, 4.69) is 10.2 Å². The fourth-order valence-electron chi connectivity index (χ4n) is 4.88. The number of imide groups is 1. The lowest BCUT2D eigenvalue weighted by Gasteiger charge is -2.39. The van der Waals surface area contributed by atoms with Gasteiger partial charge in [0, 0.05) is 33.6 Å². The molecule has 1 N–H and O–H groups in total. The average molecular weight is 472 g/mol. The van der Waals surface area contributed by atoms with Crippen molar-refractivity contribution < 1.29 is 19.1 Å². The third-order valence-corrected chi connectivity index (χ3v) is 6.57. The normalized spacial score (nSPS) is 21.5. The number of likely N-dealkylation sites (N-methyl/N-ethyl adjacent to an activating group) is 1. The summed E-state index contributed by atoms with van der Waals surface area (Å²) < 4.78 is 8.60. The molecular weight excluding hydrogens is 438 g/mol. The molecule has 3 heterocycles. The maximum Gasteiger partial charge on any atom is 0.410 e. The topological polar surface area (TPSA) is 106 Å². The van der Waals surface area contributed by atoms with Gasteiger partial charge >= 0.3 is 11.8 Å². The zero-order valence-electron chi connectivity index (χ0n) is 20.5. The molecule has 4 rings (SSSR count). The highest BCUT2D eigenvalue weighted by atomic mass is 16.6. The SMILES string of the molecule is CN(C(=O)OC(C)(C)C)C1CCCN(c2cccc3c2n(C)c(=O)n3C2CCC(=O)NC2=O)C1. The summed E-state index contributed by atoms with van der Waals surface area (Å²) in [6, 6.07) is 4.91. The number of imidazole rings is 1. The van der Waals surface area contributed by atoms with Gasteiger partial charge in [0.25, 0.3) is 0 Å². The lowest BCUT2D eigenvalue weighted by atomic mass is 10.0. The lowest BCUT2D eigenvalue weighted by Crippen LogP contribution is -2.49. The Balaban J connectivity index is 1.66. The van der Waals surface area contributed by atoms with Crippen molar-refractivity contribution in [3.05, 3.63) is 28.7 Å². The van der Waals surface area contributed by atoms with Crippen molar-refractivity contribution in [1.29, 1.82) is 0 Å². The zero-order chi connectivity index (χ0) is 24.8. The molecule has 1 aromatic carbocycles. The van der Waals surface area contributed by atoms with Crippen molar-refractivity contribution in [1.82, 2.24) is 19.4 Å². The predicted molar refractivity (Wildman–Crippen MR) is 128 cm³/mol. The average Bonchev–Trinajstić information content (AvgIpc) is 3.02. The largest absolute Gasteiger partial charge is 0.444 e. The molecule has 3 amide bonds. The van der Waals surface area contributed by atoms with Gasteiger partial charge in [-0.15, -0.1) is 0 Å². The van der Waals surface area contributed by atoms with Gasteiger partial charge in [-0.05, 0) is 52.2 Å². The Kier molecular flexibility index (Phi) is 6.18. The Morgan fingerprint density at radius 3 is 2.59 bits per heavy atom. The van der Waals surface area contributed by atoms with Crippen molar-refractivity contribution in [3.63, 3.8) is 0 Å². The molecule has 0 saturated carbocycles. The van der Waals surface area contributed by atoms with E-state index in [9.17, 15) is 19.2 Å². The van der Waals surface area contributed by atoms with Crippen LogP contribution >= 0.6 is 0 Å². The fourth-order valence-corrected chi connectivity index (χ4v) is 4.88. The van der Waals surface area contributed by atoms with E-state index < -0.39 is 17.6 Å². The summed E-state index contributed by atoms with van der Waals surface area (Å²) in [5, 5.41) is 2.35. The van der Waals surface area contributed by atoms with E-state index in [1.807, 2.05) is 39.0 Å². The number of carbonyl (C=O) groups is 3. The second-order valence-electron chi connectivity index (χ2n) is 10.2. The summed E-state index contributed by atoms with van der Waals surface area (Å²) in [7, 11) is 3.46. The highest BCUT2D eigenvalue weighted by Gasteiger charge is 2.33. The monoisotopic (exact) mass is 471 g/mol. The molecule has 2 saturated heterocycles. The van der Waals surface area contributed by atoms with Gasteiger partial charge in [0.05, 0.1) is 22.8 Å². The molecule has 10 nitrogen and oxygen atoms in total. The van der Waals surface area contributed by atoms with Crippen LogP contribution in [0.5, 0.6) is 0 Å². The van der Waals surface area contributed by atoms with Crippen LogP contribution in [0.15, 0.2) is 23.0 Å². The van der Waals surface area contributed by atoms with Crippen molar-refractivity contribution in [3.8, 4) is 0 Å². The van der Waals surface area contributed by atoms with Gasteiger partial charge in [0.15, 0.2) is 0 Å². The predicted octanol–water partition coefficient (Wildman–Crippen LogP) is 2.15. The highest BCUT2D eigenvalue weighted by Crippen LogP contribution is 2.32. The first-order valence-corrected chi connectivity index (χ1v) is 11.7. The number of anilines is 1. The molecule has 2 atom stereocenters. The molecule has 2 aliphatic heterocycles. The maximum absolute atomic E-state index is 13.2. The minimum absolute atomic E-state index is 0.0342. The number of nitrogens with one attached hydrogen (secondary N) is 1. The van der Waals surface area contributed by atoms with Crippen LogP contribution in [0.1, 0.15) is 52.5 Å². The van der Waals surface area contributed by atoms with E-state index in [4.69, 9.17) is 4.74 Å². The molecule has 2 aromatic rings. The summed E-state index contributed by atoms with van der Waals surface area (Å²) in [6.45, 7) is 6.93. The molecule has 0 spiro atoms. The van der Waals surface area contributed by atoms with Crippen LogP contribution in [0.3, 0.4) is 0 Å². The molecule has 0 radical (unpaired) electrons. The van der Waals surface area contributed by atoms with E-state index in [1.54, 1.807) is 23.6 Å². The molecule has 2 unspecified atom stereocenters. The molecule has 2 fully saturated rings. The summed E-state index contributed by atoms with van der Waals surface area (Å²) in [5.41, 5.74) is 1.41. The molecule has 34 heavy (non-hydrogen) atoms. The number of aryl methyl sites for hydroxylation is 1. The summed E-state index contributed by atoms with van der Waals surface area (Å²) in [4.78, 5) is 53.8. The molecule has 10 heteroatoms. The summed E-state index contributed by atoms with van der Waals surface area (Å²) in [6.07, 6.45) is 1.88. The van der Waals surface area contributed by atoms with Crippen LogP contribution in [0, 0.1) is 0 Å². The minimum atomic E-state index is -0.725. The maximum atomic E-state index is 13.2. The van der Waals surface area contributed by atoms with Crippen LogP contribution in [0.4, 0.5) is 10.5 Å². The number of hydrogen-bond acceptors (Lipinski definition) is 6. The van der Waals surface area contributed by atoms with Gasteiger partial charge in [-0.25, -0.2) is 9.59 Å². The zero-order valence-corrected chi connectivity index (χ0v) is 20.5. The van der Waals surface area contributed by atoms with Gasteiger partial charge in [-0.2, -0.15) is 0 Å². The number of ether oxygens (including phenoxy) is 1. The van der Waals surface area contributed by atoms with Gasteiger partial charge in [-0.3, -0.25) is 24.0 Å². The van der Waals surface area contributed by atoms with E-state index in [0.717, 1.165) is 30.6 Å². The third kappa shape index (κ3) is 4.41. The molecule has 0 bridgehead atoms. The Morgan fingerprint density at radius 1 is 1.18 bits per heavy atom. The number of fused-ring (bicyclic) bond motifs is 1. The van der Waals surface area contributed by atoms with Crippen LogP contribution in [-0.4, -0.2) is 63.7 Å². The van der Waals surface area contributed by atoms with E-state index >= 15 is 0 Å². The van der Waals surface area contributed by atoms with Crippen molar-refractivity contribution >= 4 is 34.6 Å². The van der Waals surface area contributed by atoms with E-state index in [0.29, 0.717) is 18.5 Å². The number of carbonyl (C=O) groups excluding carboxylic acids is 3. The molecule has 0 aliphatic carbocycles. The Labute approximate surface area is 198 Å². The molecule has 2 aliphatic rings. The first-order valence-electron chi connectivity index (χ1n) is 11.7. The Hall–Kier alpha value is -3.30. The first kappa shape index (κ1) is 23.8. The number of nitrogens with zero attached hydrogens (tertiary/aromatic N) is 4. The van der Waals surface area contributed by atoms with Crippen LogP contribution in [-0.2, 0) is 21.4 Å². The van der Waals surface area contributed by atoms with Crippen LogP contribution in [0.2, 0.25) is 0 Å². The van der Waals surface area contributed by atoms with E-state index in [1.165, 1.54) is 4.57 Å². The van der Waals surface area contributed by atoms with Crippen LogP contribution < -0.4 is 15.9 Å². The van der Waals surface area contributed by atoms with E-state index in [-0.39, 0.29) is 30.2 Å². The lowest BCUT2D eigenvalue weighted by molar-refractivity contribution is -0.135. The second-order valence-corrected chi connectivity index (χ2v) is 10.2. The van der Waals surface area contributed by atoms with Crippen LogP contribution in [0.25, 0.3) is 11.0 Å². The number of para-hydroxylation sites is 1. The molecule has 1 aromatic heterocycles. The quantitative estimate of drug-likeness (QED) is 0.688. The van der Waals surface area contributed by atoms with Gasteiger partial charge in [-0.1, -0.05) is 6.07 Å². The first-order chi connectivity index (χ1) is 16.0. The van der Waals surface area contributed by atoms with Crippen molar-refractivity contribution in [2.75, 3.05) is 25.0 Å². The fraction of sp³-hybridized carbons (Fsp3) is 0.583. The molecule has 184 valence electrons. The summed E-state index contributed by atoms with van der Waals surface area (Å²) >= 11 is 0. The highest BCUT2D eigenvalue weighted by molar-refractivity contribution is 6.00. The number of benzene rings is 1. The number of piperidine rings is 2. The Bertz CT molecular complexity index is 1190. The summed E-state index contributed by atoms with van der Waals surface area (Å²) in [5.74, 6) is -0.767. The Morgan fingerprint density at radius 2 is 1.91 bits per heavy atom. The van der Waals surface area contributed by atoms with Gasteiger partial charge in [0.2, 0.25) is 11.8 Å². The van der Waals surface area contributed by atoms with Gasteiger partial charge < -0.3 is 14.5 Å². The van der Waals surface area contributed by atoms with Crippen molar-refractivity contribution in [2.45, 2.75) is 64.1 Å². The van der Waals surface area contributed by atoms with Gasteiger partial charge in [0.1, 0.15) is 11.6 Å². The third-order valence-electron chi connectivity index (χ3n) is 6.57. The van der Waals surface area contributed by atoms with Crippen molar-refractivity contribution in [2.24, 2.45) is 7.05 Å². The second kappa shape index (κ2) is 8.81. The smallest absolute Gasteiger partial charge is 0.410 e. The minimum Gasteiger partial charge on any atom is -0.444 e. The number of aromatic nitrogens is 2.